The summed E-state index contributed by atoms with van der Waals surface area (Å²) in [5, 5.41) is 0. The zero-order valence-corrected chi connectivity index (χ0v) is 13.5. The van der Waals surface area contributed by atoms with Crippen LogP contribution in [0.15, 0.2) is 42.5 Å². The highest BCUT2D eigenvalue weighted by molar-refractivity contribution is 5.93. The van der Waals surface area contributed by atoms with E-state index in [2.05, 4.69) is 11.9 Å². The van der Waals surface area contributed by atoms with Gasteiger partial charge in [-0.15, -0.1) is 12.4 Å². The second-order valence-corrected chi connectivity index (χ2v) is 6.14. The number of nitrogens with two attached hydrogens (primary N) is 1. The van der Waals surface area contributed by atoms with E-state index in [4.69, 9.17) is 5.73 Å². The second-order valence-electron chi connectivity index (χ2n) is 6.14. The number of benzene rings is 1. The molecule has 0 aliphatic carbocycles. The van der Waals surface area contributed by atoms with Gasteiger partial charge in [0.2, 0.25) is 0 Å². The van der Waals surface area contributed by atoms with E-state index in [0.29, 0.717) is 12.2 Å². The largest absolute Gasteiger partial charge is 0.351 e. The van der Waals surface area contributed by atoms with Crippen molar-refractivity contribution in [2.24, 2.45) is 11.1 Å². The number of likely N-dealkylation sites (tertiary alicyclic amines) is 1. The Balaban J connectivity index is 0.00000176. The van der Waals surface area contributed by atoms with E-state index in [-0.39, 0.29) is 23.7 Å². The van der Waals surface area contributed by atoms with Crippen LogP contribution in [0.4, 0.5) is 0 Å². The SMILES string of the molecule is CC1(CN)CCN(C(=O)c2ccc(-c3ccccc3)[nH]2)C1.Cl. The predicted molar refractivity (Wildman–Crippen MR) is 91.2 cm³/mol. The van der Waals surface area contributed by atoms with E-state index < -0.39 is 0 Å². The number of rotatable bonds is 3. The normalized spacial score (nSPS) is 20.7. The maximum absolute atomic E-state index is 12.5. The molecule has 1 aliphatic heterocycles. The summed E-state index contributed by atoms with van der Waals surface area (Å²) in [7, 11) is 0. The monoisotopic (exact) mass is 319 g/mol. The number of carbonyl (C=O) groups excluding carboxylic acids is 1. The van der Waals surface area contributed by atoms with Crippen LogP contribution < -0.4 is 5.73 Å². The molecule has 2 aromatic rings. The minimum atomic E-state index is 0. The van der Waals surface area contributed by atoms with Gasteiger partial charge < -0.3 is 15.6 Å². The minimum Gasteiger partial charge on any atom is -0.351 e. The van der Waals surface area contributed by atoms with Crippen LogP contribution in [0, 0.1) is 5.41 Å². The maximum Gasteiger partial charge on any atom is 0.270 e. The third kappa shape index (κ3) is 3.18. The lowest BCUT2D eigenvalue weighted by Gasteiger charge is -2.22. The number of aromatic nitrogens is 1. The lowest BCUT2D eigenvalue weighted by atomic mass is 9.90. The fourth-order valence-electron chi connectivity index (χ4n) is 2.84. The lowest BCUT2D eigenvalue weighted by molar-refractivity contribution is 0.0772. The molecule has 118 valence electrons. The maximum atomic E-state index is 12.5. The van der Waals surface area contributed by atoms with Crippen molar-refractivity contribution in [1.82, 2.24) is 9.88 Å². The highest BCUT2D eigenvalue weighted by atomic mass is 35.5. The van der Waals surface area contributed by atoms with E-state index >= 15 is 0 Å². The molecule has 22 heavy (non-hydrogen) atoms. The molecule has 4 nitrogen and oxygen atoms in total. The first-order chi connectivity index (χ1) is 10.1. The van der Waals surface area contributed by atoms with Gasteiger partial charge in [-0.3, -0.25) is 4.79 Å². The highest BCUT2D eigenvalue weighted by Crippen LogP contribution is 2.29. The molecular weight excluding hydrogens is 298 g/mol. The van der Waals surface area contributed by atoms with Crippen molar-refractivity contribution in [3.63, 3.8) is 0 Å². The van der Waals surface area contributed by atoms with Gasteiger partial charge in [0.25, 0.3) is 5.91 Å². The molecule has 0 spiro atoms. The first kappa shape index (κ1) is 16.6. The minimum absolute atomic E-state index is 0. The van der Waals surface area contributed by atoms with Gasteiger partial charge in [-0.05, 0) is 36.1 Å². The van der Waals surface area contributed by atoms with Crippen molar-refractivity contribution >= 4 is 18.3 Å². The Bertz CT molecular complexity index is 640. The number of hydrogen-bond acceptors (Lipinski definition) is 2. The van der Waals surface area contributed by atoms with Crippen LogP contribution in [0.5, 0.6) is 0 Å². The van der Waals surface area contributed by atoms with Gasteiger partial charge in [0.15, 0.2) is 0 Å². The summed E-state index contributed by atoms with van der Waals surface area (Å²) in [6, 6.07) is 13.8. The van der Waals surface area contributed by atoms with E-state index in [9.17, 15) is 4.79 Å². The van der Waals surface area contributed by atoms with Gasteiger partial charge >= 0.3 is 0 Å². The molecule has 1 unspecified atom stereocenters. The third-order valence-electron chi connectivity index (χ3n) is 4.34. The van der Waals surface area contributed by atoms with Crippen LogP contribution in [-0.2, 0) is 0 Å². The molecule has 3 rings (SSSR count). The van der Waals surface area contributed by atoms with Crippen molar-refractivity contribution in [1.29, 1.82) is 0 Å². The van der Waals surface area contributed by atoms with Crippen molar-refractivity contribution in [3.8, 4) is 11.3 Å². The van der Waals surface area contributed by atoms with Gasteiger partial charge in [0, 0.05) is 18.8 Å². The number of nitrogens with zero attached hydrogens (tertiary/aromatic N) is 1. The summed E-state index contributed by atoms with van der Waals surface area (Å²) in [4.78, 5) is 17.7. The van der Waals surface area contributed by atoms with Gasteiger partial charge in [-0.2, -0.15) is 0 Å². The van der Waals surface area contributed by atoms with Crippen molar-refractivity contribution in [2.45, 2.75) is 13.3 Å². The van der Waals surface area contributed by atoms with Gasteiger partial charge in [0.05, 0.1) is 0 Å². The van der Waals surface area contributed by atoms with Crippen LogP contribution in [0.3, 0.4) is 0 Å². The zero-order valence-electron chi connectivity index (χ0n) is 12.7. The molecule has 1 aliphatic rings. The average Bonchev–Trinajstić information content (AvgIpc) is 3.15. The Hall–Kier alpha value is -1.78. The number of H-pyrrole nitrogens is 1. The topological polar surface area (TPSA) is 62.1 Å². The number of amides is 1. The summed E-state index contributed by atoms with van der Waals surface area (Å²) in [5.74, 6) is 0.0642. The molecule has 2 heterocycles. The van der Waals surface area contributed by atoms with Gasteiger partial charge in [0.1, 0.15) is 5.69 Å². The van der Waals surface area contributed by atoms with Crippen LogP contribution in [0.25, 0.3) is 11.3 Å². The number of aromatic amines is 1. The second kappa shape index (κ2) is 6.55. The Labute approximate surface area is 137 Å². The fourth-order valence-corrected chi connectivity index (χ4v) is 2.84. The smallest absolute Gasteiger partial charge is 0.270 e. The summed E-state index contributed by atoms with van der Waals surface area (Å²) in [6.45, 7) is 4.29. The van der Waals surface area contributed by atoms with Crippen LogP contribution >= 0.6 is 12.4 Å². The summed E-state index contributed by atoms with van der Waals surface area (Å²) < 4.78 is 0. The number of hydrogen-bond donors (Lipinski definition) is 2. The van der Waals surface area contributed by atoms with Crippen molar-refractivity contribution in [2.75, 3.05) is 19.6 Å². The van der Waals surface area contributed by atoms with E-state index in [1.165, 1.54) is 0 Å². The summed E-state index contributed by atoms with van der Waals surface area (Å²) in [6.07, 6.45) is 0.974. The first-order valence-corrected chi connectivity index (χ1v) is 7.35. The summed E-state index contributed by atoms with van der Waals surface area (Å²) >= 11 is 0. The van der Waals surface area contributed by atoms with E-state index in [0.717, 1.165) is 30.8 Å². The molecule has 1 atom stereocenters. The molecule has 5 heteroatoms. The zero-order chi connectivity index (χ0) is 14.9. The molecule has 0 bridgehead atoms. The molecule has 3 N–H and O–H groups in total. The number of halogens is 1. The van der Waals surface area contributed by atoms with Crippen molar-refractivity contribution in [3.05, 3.63) is 48.2 Å². The molecule has 1 saturated heterocycles. The molecule has 0 saturated carbocycles. The molecular formula is C17H22ClN3O. The fraction of sp³-hybridized carbons (Fsp3) is 0.353. The Morgan fingerprint density at radius 3 is 2.64 bits per heavy atom. The number of nitrogens with one attached hydrogen (secondary N) is 1. The first-order valence-electron chi connectivity index (χ1n) is 7.35. The van der Waals surface area contributed by atoms with Crippen LogP contribution in [0.1, 0.15) is 23.8 Å². The molecule has 0 radical (unpaired) electrons. The standard InChI is InChI=1S/C17H21N3O.ClH/c1-17(11-18)9-10-20(12-17)16(21)15-8-7-14(19-15)13-5-3-2-4-6-13;/h2-8,19H,9-12,18H2,1H3;1H. The van der Waals surface area contributed by atoms with Gasteiger partial charge in [-0.25, -0.2) is 0 Å². The molecule has 1 amide bonds. The van der Waals surface area contributed by atoms with Crippen LogP contribution in [-0.4, -0.2) is 35.4 Å². The Morgan fingerprint density at radius 2 is 2.00 bits per heavy atom. The lowest BCUT2D eigenvalue weighted by Crippen LogP contribution is -2.34. The van der Waals surface area contributed by atoms with E-state index in [1.54, 1.807) is 0 Å². The van der Waals surface area contributed by atoms with Crippen molar-refractivity contribution < 1.29 is 4.79 Å². The Kier molecular flexibility index (Phi) is 4.94. The molecule has 1 fully saturated rings. The Morgan fingerprint density at radius 1 is 1.27 bits per heavy atom. The quantitative estimate of drug-likeness (QED) is 0.913. The summed E-state index contributed by atoms with van der Waals surface area (Å²) in [5.41, 5.74) is 8.57. The highest BCUT2D eigenvalue weighted by Gasteiger charge is 2.35. The van der Waals surface area contributed by atoms with Gasteiger partial charge in [-0.1, -0.05) is 37.3 Å². The molecule has 1 aromatic carbocycles. The average molecular weight is 320 g/mol. The number of carbonyl (C=O) groups is 1. The molecule has 1 aromatic heterocycles. The third-order valence-corrected chi connectivity index (χ3v) is 4.34. The van der Waals surface area contributed by atoms with Crippen LogP contribution in [0.2, 0.25) is 0 Å². The van der Waals surface area contributed by atoms with E-state index in [1.807, 2.05) is 47.4 Å². The predicted octanol–water partition coefficient (Wildman–Crippen LogP) is 2.91.